The van der Waals surface area contributed by atoms with Gasteiger partial charge in [-0.3, -0.25) is 24.4 Å². The van der Waals surface area contributed by atoms with E-state index >= 15 is 0 Å². The van der Waals surface area contributed by atoms with Gasteiger partial charge in [0, 0.05) is 10.4 Å². The summed E-state index contributed by atoms with van der Waals surface area (Å²) in [6, 6.07) is 5.16. The molecule has 4 amide bonds. The largest absolute Gasteiger partial charge is 0.503 e. The van der Waals surface area contributed by atoms with Gasteiger partial charge in [0.15, 0.2) is 11.5 Å². The zero-order valence-corrected chi connectivity index (χ0v) is 25.5. The molecule has 0 radical (unpaired) electrons. The van der Waals surface area contributed by atoms with E-state index in [1.165, 1.54) is 19.2 Å². The number of carbonyl (C=O) groups excluding carboxylic acids is 4. The maximum atomic E-state index is 14.4. The number of imide groups is 2. The van der Waals surface area contributed by atoms with E-state index in [2.05, 4.69) is 31.9 Å². The Kier molecular flexibility index (Phi) is 6.64. The van der Waals surface area contributed by atoms with Gasteiger partial charge in [0.25, 0.3) is 11.8 Å². The fraction of sp³-hybridized carbons (Fsp3) is 0.357. The first-order valence-corrected chi connectivity index (χ1v) is 14.7. The molecule has 3 fully saturated rings. The van der Waals surface area contributed by atoms with Crippen LogP contribution >= 0.6 is 43.5 Å². The van der Waals surface area contributed by atoms with Gasteiger partial charge in [0.2, 0.25) is 11.8 Å². The lowest BCUT2D eigenvalue weighted by Gasteiger charge is -2.49. The number of hydrogen-bond donors (Lipinski definition) is 2. The summed E-state index contributed by atoms with van der Waals surface area (Å²) in [6.07, 6.45) is 2.04. The summed E-state index contributed by atoms with van der Waals surface area (Å²) in [6.45, 7) is 1.68. The minimum Gasteiger partial charge on any atom is -0.503 e. The summed E-state index contributed by atoms with van der Waals surface area (Å²) in [7, 11) is 1.38. The number of fused-ring (bicyclic) bond motifs is 4. The molecule has 0 bridgehead atoms. The van der Waals surface area contributed by atoms with Crippen LogP contribution in [-0.4, -0.2) is 46.1 Å². The van der Waals surface area contributed by atoms with Crippen molar-refractivity contribution >= 4 is 72.8 Å². The third-order valence-electron chi connectivity index (χ3n) is 9.12. The fourth-order valence-electron chi connectivity index (χ4n) is 7.19. The van der Waals surface area contributed by atoms with Crippen LogP contribution in [0.4, 0.5) is 10.1 Å². The van der Waals surface area contributed by atoms with Gasteiger partial charge in [0.05, 0.1) is 45.5 Å². The van der Waals surface area contributed by atoms with Gasteiger partial charge in [0.1, 0.15) is 5.82 Å². The number of hydrogen-bond acceptors (Lipinski definition) is 7. The third-order valence-corrected chi connectivity index (χ3v) is 11.6. The van der Waals surface area contributed by atoms with E-state index in [1.54, 1.807) is 13.0 Å². The van der Waals surface area contributed by atoms with E-state index in [4.69, 9.17) is 16.3 Å². The highest BCUT2D eigenvalue weighted by atomic mass is 79.9. The van der Waals surface area contributed by atoms with Crippen molar-refractivity contribution in [2.45, 2.75) is 25.7 Å². The Hall–Kier alpha value is -2.80. The number of aromatic hydroxyl groups is 1. The van der Waals surface area contributed by atoms with Crippen molar-refractivity contribution in [1.29, 1.82) is 0 Å². The lowest BCUT2D eigenvalue weighted by atomic mass is 9.51. The Balaban J connectivity index is 1.59. The van der Waals surface area contributed by atoms with E-state index < -0.39 is 64.5 Å². The molecular formula is C28H22Br2ClFN2O7. The van der Waals surface area contributed by atoms with Crippen LogP contribution in [0.25, 0.3) is 0 Å². The number of phenols is 1. The van der Waals surface area contributed by atoms with Gasteiger partial charge < -0.3 is 9.84 Å². The van der Waals surface area contributed by atoms with Gasteiger partial charge in [-0.15, -0.1) is 0 Å². The van der Waals surface area contributed by atoms with Crippen molar-refractivity contribution in [3.05, 3.63) is 61.3 Å². The average molecular weight is 713 g/mol. The Morgan fingerprint density at radius 3 is 2.44 bits per heavy atom. The topological polar surface area (TPSA) is 124 Å². The van der Waals surface area contributed by atoms with E-state index in [0.717, 1.165) is 11.0 Å². The molecule has 9 nitrogen and oxygen atoms in total. The molecule has 2 heterocycles. The Bertz CT molecular complexity index is 1620. The number of phenolic OH excluding ortho intramolecular Hbond substituents is 1. The lowest BCUT2D eigenvalue weighted by molar-refractivity contribution is -0.173. The SMILES string of the molecule is COc1cc(C2C3=CCC4C(=O)N(O)C(=O)C4C3CC3C(=O)N(c4ccc(F)c(Cl)c4)C(=O)C32C)c(Br)c(Br)c1O. The molecule has 0 aromatic heterocycles. The molecule has 6 rings (SSSR count). The predicted octanol–water partition coefficient (Wildman–Crippen LogP) is 5.34. The van der Waals surface area contributed by atoms with Crippen LogP contribution in [0.5, 0.6) is 11.5 Å². The number of allylic oxidation sites excluding steroid dienone is 2. The highest BCUT2D eigenvalue weighted by Gasteiger charge is 2.68. The molecule has 4 aliphatic rings. The van der Waals surface area contributed by atoms with E-state index in [1.807, 2.05) is 6.08 Å². The fourth-order valence-corrected chi connectivity index (χ4v) is 8.32. The van der Waals surface area contributed by atoms with Gasteiger partial charge in [-0.2, -0.15) is 5.06 Å². The molecule has 6 atom stereocenters. The minimum atomic E-state index is -1.40. The summed E-state index contributed by atoms with van der Waals surface area (Å²) in [5.41, 5.74) is -0.123. The first-order valence-electron chi connectivity index (χ1n) is 12.7. The smallest absolute Gasteiger partial charge is 0.257 e. The Labute approximate surface area is 255 Å². The summed E-state index contributed by atoms with van der Waals surface area (Å²) >= 11 is 12.9. The second kappa shape index (κ2) is 9.62. The zero-order valence-electron chi connectivity index (χ0n) is 21.5. The number of amides is 4. The average Bonchev–Trinajstić information content (AvgIpc) is 3.29. The first-order chi connectivity index (χ1) is 19.3. The van der Waals surface area contributed by atoms with Crippen molar-refractivity contribution in [3.8, 4) is 11.5 Å². The summed E-state index contributed by atoms with van der Waals surface area (Å²) in [5, 5.41) is 20.7. The van der Waals surface area contributed by atoms with Crippen molar-refractivity contribution < 1.29 is 38.6 Å². The molecule has 2 aliphatic heterocycles. The van der Waals surface area contributed by atoms with Crippen LogP contribution in [0.15, 0.2) is 44.9 Å². The van der Waals surface area contributed by atoms with Crippen molar-refractivity contribution in [2.75, 3.05) is 12.0 Å². The summed E-state index contributed by atoms with van der Waals surface area (Å²) < 4.78 is 20.1. The number of nitrogens with zero attached hydrogens (tertiary/aromatic N) is 2. The maximum Gasteiger partial charge on any atom is 0.257 e. The summed E-state index contributed by atoms with van der Waals surface area (Å²) in [5.74, 6) is -7.46. The maximum absolute atomic E-state index is 14.4. The van der Waals surface area contributed by atoms with E-state index in [0.29, 0.717) is 15.6 Å². The van der Waals surface area contributed by atoms with Crippen LogP contribution in [0.1, 0.15) is 31.2 Å². The summed E-state index contributed by atoms with van der Waals surface area (Å²) in [4.78, 5) is 55.3. The highest BCUT2D eigenvalue weighted by molar-refractivity contribution is 9.13. The standard InChI is InChI=1S/C28H22Br2ClFN2O7/c1-28-15(25(37)33(27(28)39)10-3-6-17(32)16(31)7-10)8-13-11(4-5-12-19(13)26(38)34(40)24(12)36)20(28)14-9-18(41-2)23(35)22(30)21(14)29/h3-4,6-7,9,12-13,15,19-20,35,40H,5,8H2,1-2H3. The van der Waals surface area contributed by atoms with Gasteiger partial charge in [-0.05, 0) is 87.4 Å². The molecule has 1 saturated carbocycles. The van der Waals surface area contributed by atoms with Gasteiger partial charge in [-0.1, -0.05) is 23.3 Å². The second-order valence-electron chi connectivity index (χ2n) is 10.9. The molecule has 2 N–H and O–H groups in total. The first kappa shape index (κ1) is 28.3. The second-order valence-corrected chi connectivity index (χ2v) is 12.9. The predicted molar refractivity (Wildman–Crippen MR) is 150 cm³/mol. The highest BCUT2D eigenvalue weighted by Crippen LogP contribution is 2.65. The van der Waals surface area contributed by atoms with Crippen molar-refractivity contribution in [1.82, 2.24) is 5.06 Å². The number of rotatable bonds is 3. The monoisotopic (exact) mass is 710 g/mol. The molecule has 0 spiro atoms. The van der Waals surface area contributed by atoms with E-state index in [9.17, 15) is 33.9 Å². The van der Waals surface area contributed by atoms with Crippen molar-refractivity contribution in [3.63, 3.8) is 0 Å². The third kappa shape index (κ3) is 3.73. The molecule has 41 heavy (non-hydrogen) atoms. The molecule has 2 aliphatic carbocycles. The van der Waals surface area contributed by atoms with E-state index in [-0.39, 0.29) is 44.6 Å². The van der Waals surface area contributed by atoms with Gasteiger partial charge in [-0.25, -0.2) is 9.29 Å². The quantitative estimate of drug-likeness (QED) is 0.250. The molecule has 6 unspecified atom stereocenters. The number of methoxy groups -OCH3 is 1. The number of ether oxygens (including phenoxy) is 1. The van der Waals surface area contributed by atoms with Crippen LogP contribution in [0, 0.1) is 34.9 Å². The normalized spacial score (nSPS) is 30.8. The molecule has 2 aromatic carbocycles. The molecule has 13 heteroatoms. The van der Waals surface area contributed by atoms with Crippen LogP contribution in [0.2, 0.25) is 5.02 Å². The number of carbonyl (C=O) groups is 4. The molecular weight excluding hydrogens is 691 g/mol. The zero-order chi connectivity index (χ0) is 29.7. The van der Waals surface area contributed by atoms with Crippen LogP contribution in [0.3, 0.4) is 0 Å². The van der Waals surface area contributed by atoms with Gasteiger partial charge >= 0.3 is 0 Å². The number of halogens is 4. The van der Waals surface area contributed by atoms with Crippen LogP contribution < -0.4 is 9.64 Å². The molecule has 2 aromatic rings. The molecule has 214 valence electrons. The minimum absolute atomic E-state index is 0.0663. The Morgan fingerprint density at radius 1 is 1.07 bits per heavy atom. The Morgan fingerprint density at radius 2 is 1.78 bits per heavy atom. The lowest BCUT2D eigenvalue weighted by Crippen LogP contribution is -2.49. The van der Waals surface area contributed by atoms with Crippen LogP contribution in [-0.2, 0) is 19.2 Å². The number of hydroxylamine groups is 2. The molecule has 2 saturated heterocycles. The van der Waals surface area contributed by atoms with Crippen molar-refractivity contribution in [2.24, 2.45) is 29.1 Å². The number of anilines is 1. The number of benzene rings is 2.